The Balaban J connectivity index is 1.27. The van der Waals surface area contributed by atoms with Gasteiger partial charge in [-0.1, -0.05) is 54.6 Å². The SMILES string of the molecule is COc1cc(/C=N\NC(=O)c2cc(OCc3ccccc3F)c(OCc3ccccc3F)c(OCc3ccccc3F)c2)ccc1Oc1ccc(C(F)(F)F)cc1[N+](=O)[O-]. The van der Waals surface area contributed by atoms with E-state index in [1.807, 2.05) is 0 Å². The lowest BCUT2D eigenvalue weighted by Crippen LogP contribution is -2.18. The Hall–Kier alpha value is -7.56. The first-order valence-electron chi connectivity index (χ1n) is 17.6. The number of nitrogens with zero attached hydrogens (tertiary/aromatic N) is 2. The molecule has 0 aromatic heterocycles. The fourth-order valence-corrected chi connectivity index (χ4v) is 5.49. The van der Waals surface area contributed by atoms with Gasteiger partial charge in [-0.15, -0.1) is 0 Å². The van der Waals surface area contributed by atoms with Crippen LogP contribution in [-0.4, -0.2) is 24.2 Å². The van der Waals surface area contributed by atoms with Crippen molar-refractivity contribution in [1.29, 1.82) is 0 Å². The predicted molar refractivity (Wildman–Crippen MR) is 205 cm³/mol. The summed E-state index contributed by atoms with van der Waals surface area (Å²) < 4.78 is 112. The Morgan fingerprint density at radius 3 is 1.70 bits per heavy atom. The zero-order chi connectivity index (χ0) is 42.8. The molecule has 6 aromatic rings. The van der Waals surface area contributed by atoms with Gasteiger partial charge >= 0.3 is 11.9 Å². The minimum Gasteiger partial charge on any atom is -0.493 e. The largest absolute Gasteiger partial charge is 0.493 e. The fraction of sp³-hybridized carbons (Fsp3) is 0.116. The van der Waals surface area contributed by atoms with E-state index in [9.17, 15) is 41.3 Å². The van der Waals surface area contributed by atoms with Crippen LogP contribution in [0.3, 0.4) is 0 Å². The number of nitrogens with one attached hydrogen (secondary N) is 1. The number of alkyl halides is 3. The Bertz CT molecular complexity index is 2480. The quantitative estimate of drug-likeness (QED) is 0.0442. The number of hydrogen-bond donors (Lipinski definition) is 1. The van der Waals surface area contributed by atoms with Crippen LogP contribution < -0.4 is 29.1 Å². The van der Waals surface area contributed by atoms with Gasteiger partial charge in [-0.3, -0.25) is 14.9 Å². The first-order chi connectivity index (χ1) is 28.8. The molecule has 0 radical (unpaired) electrons. The summed E-state index contributed by atoms with van der Waals surface area (Å²) in [7, 11) is 1.26. The van der Waals surface area contributed by atoms with E-state index in [1.54, 1.807) is 18.2 Å². The van der Waals surface area contributed by atoms with Crippen LogP contribution in [0.4, 0.5) is 32.0 Å². The number of carbonyl (C=O) groups is 1. The highest BCUT2D eigenvalue weighted by Gasteiger charge is 2.33. The van der Waals surface area contributed by atoms with E-state index in [4.69, 9.17) is 23.7 Å². The van der Waals surface area contributed by atoms with Crippen molar-refractivity contribution in [1.82, 2.24) is 5.43 Å². The van der Waals surface area contributed by atoms with E-state index in [0.717, 1.165) is 6.07 Å². The number of benzene rings is 6. The molecule has 0 aliphatic carbocycles. The number of ether oxygens (including phenoxy) is 5. The molecular weight excluding hydrogens is 800 g/mol. The maximum absolute atomic E-state index is 14.6. The Kier molecular flexibility index (Phi) is 13.2. The van der Waals surface area contributed by atoms with Crippen molar-refractivity contribution >= 4 is 17.8 Å². The number of amides is 1. The first-order valence-corrected chi connectivity index (χ1v) is 17.6. The van der Waals surface area contributed by atoms with Crippen molar-refractivity contribution in [2.24, 2.45) is 5.10 Å². The van der Waals surface area contributed by atoms with Gasteiger partial charge in [0.05, 0.1) is 23.8 Å². The molecule has 308 valence electrons. The molecule has 0 aliphatic rings. The van der Waals surface area contributed by atoms with Crippen LogP contribution in [0.1, 0.15) is 38.2 Å². The molecule has 60 heavy (non-hydrogen) atoms. The highest BCUT2D eigenvalue weighted by atomic mass is 19.4. The molecule has 6 rings (SSSR count). The normalized spacial score (nSPS) is 11.2. The van der Waals surface area contributed by atoms with E-state index >= 15 is 0 Å². The van der Waals surface area contributed by atoms with Gasteiger partial charge in [0.15, 0.2) is 23.0 Å². The average Bonchev–Trinajstić information content (AvgIpc) is 3.23. The van der Waals surface area contributed by atoms with Gasteiger partial charge in [-0.05, 0) is 66.2 Å². The number of rotatable bonds is 16. The van der Waals surface area contributed by atoms with Crippen molar-refractivity contribution in [3.63, 3.8) is 0 Å². The van der Waals surface area contributed by atoms with Crippen LogP contribution in [-0.2, 0) is 26.0 Å². The molecule has 0 heterocycles. The second kappa shape index (κ2) is 18.8. The molecule has 0 saturated heterocycles. The highest BCUT2D eigenvalue weighted by molar-refractivity contribution is 5.96. The van der Waals surface area contributed by atoms with Gasteiger partial charge in [-0.25, -0.2) is 18.6 Å². The summed E-state index contributed by atoms with van der Waals surface area (Å²) in [4.78, 5) is 24.1. The summed E-state index contributed by atoms with van der Waals surface area (Å²) in [6.07, 6.45) is -3.61. The molecule has 0 saturated carbocycles. The van der Waals surface area contributed by atoms with Crippen molar-refractivity contribution in [3.8, 4) is 34.5 Å². The third kappa shape index (κ3) is 10.5. The second-order valence-electron chi connectivity index (χ2n) is 12.6. The number of nitro benzene ring substituents is 1. The van der Waals surface area contributed by atoms with Gasteiger partial charge < -0.3 is 23.7 Å². The summed E-state index contributed by atoms with van der Waals surface area (Å²) in [6.45, 7) is -0.970. The van der Waals surface area contributed by atoms with Crippen LogP contribution >= 0.6 is 0 Å². The lowest BCUT2D eigenvalue weighted by Gasteiger charge is -2.19. The monoisotopic (exact) mass is 831 g/mol. The lowest BCUT2D eigenvalue weighted by atomic mass is 10.1. The molecule has 0 spiro atoms. The maximum Gasteiger partial charge on any atom is 0.416 e. The van der Waals surface area contributed by atoms with Crippen LogP contribution in [0.25, 0.3) is 0 Å². The molecule has 0 bridgehead atoms. The number of methoxy groups -OCH3 is 1. The third-order valence-electron chi connectivity index (χ3n) is 8.57. The Labute approximate surface area is 337 Å². The molecule has 0 aliphatic heterocycles. The van der Waals surface area contributed by atoms with Crippen molar-refractivity contribution in [2.45, 2.75) is 26.0 Å². The second-order valence-corrected chi connectivity index (χ2v) is 12.6. The minimum absolute atomic E-state index is 0.0127. The summed E-state index contributed by atoms with van der Waals surface area (Å²) in [5, 5.41) is 15.5. The van der Waals surface area contributed by atoms with Crippen molar-refractivity contribution in [3.05, 3.63) is 182 Å². The fourth-order valence-electron chi connectivity index (χ4n) is 5.49. The Morgan fingerprint density at radius 1 is 0.683 bits per heavy atom. The zero-order valence-electron chi connectivity index (χ0n) is 31.2. The summed E-state index contributed by atoms with van der Waals surface area (Å²) in [6, 6.07) is 26.0. The number of carbonyl (C=O) groups excluding carboxylic acids is 1. The number of hydrogen-bond acceptors (Lipinski definition) is 9. The van der Waals surface area contributed by atoms with E-state index in [-0.39, 0.29) is 70.8 Å². The van der Waals surface area contributed by atoms with Gasteiger partial charge in [0, 0.05) is 28.3 Å². The molecule has 0 unspecified atom stereocenters. The standard InChI is InChI=1S/C43H31F6N3O8/c1-56-38-18-26(14-16-37(38)60-36-17-15-31(43(47,48)49)21-35(36)52(54)55)22-50-51-42(53)30-19-39(57-23-27-8-2-5-11-32(27)44)41(59-25-29-10-4-7-13-34(29)46)40(20-30)58-24-28-9-3-6-12-33(28)45/h2-22H,23-25H2,1H3,(H,51,53)/b50-22-. The van der Waals surface area contributed by atoms with E-state index in [2.05, 4.69) is 10.5 Å². The van der Waals surface area contributed by atoms with E-state index in [0.29, 0.717) is 17.7 Å². The minimum atomic E-state index is -4.82. The third-order valence-corrected chi connectivity index (χ3v) is 8.57. The van der Waals surface area contributed by atoms with Crippen LogP contribution in [0.2, 0.25) is 0 Å². The first kappa shape index (κ1) is 42.1. The molecule has 17 heteroatoms. The van der Waals surface area contributed by atoms with Crippen LogP contribution in [0, 0.1) is 27.6 Å². The molecule has 1 N–H and O–H groups in total. The number of halogens is 6. The molecular formula is C43H31F6N3O8. The molecule has 11 nitrogen and oxygen atoms in total. The van der Waals surface area contributed by atoms with Crippen LogP contribution in [0.15, 0.2) is 126 Å². The maximum atomic E-state index is 14.6. The van der Waals surface area contributed by atoms with Gasteiger partial charge in [-0.2, -0.15) is 18.3 Å². The smallest absolute Gasteiger partial charge is 0.416 e. The van der Waals surface area contributed by atoms with E-state index in [1.165, 1.54) is 98.3 Å². The highest BCUT2D eigenvalue weighted by Crippen LogP contribution is 2.42. The zero-order valence-corrected chi connectivity index (χ0v) is 31.2. The molecule has 1 amide bonds. The number of hydrazone groups is 1. The van der Waals surface area contributed by atoms with Gasteiger partial charge in [0.25, 0.3) is 5.91 Å². The van der Waals surface area contributed by atoms with Crippen LogP contribution in [0.5, 0.6) is 34.5 Å². The molecule has 0 atom stereocenters. The summed E-state index contributed by atoms with van der Waals surface area (Å²) in [5.41, 5.74) is 0.912. The van der Waals surface area contributed by atoms with Crippen molar-refractivity contribution < 1.29 is 59.7 Å². The molecule has 6 aromatic carbocycles. The lowest BCUT2D eigenvalue weighted by molar-refractivity contribution is -0.385. The number of nitro groups is 1. The van der Waals surface area contributed by atoms with E-state index < -0.39 is 51.5 Å². The Morgan fingerprint density at radius 2 is 1.20 bits per heavy atom. The van der Waals surface area contributed by atoms with Gasteiger partial charge in [0.2, 0.25) is 11.5 Å². The summed E-state index contributed by atoms with van der Waals surface area (Å²) in [5.74, 6) is -3.35. The van der Waals surface area contributed by atoms with Crippen molar-refractivity contribution in [2.75, 3.05) is 7.11 Å². The average molecular weight is 832 g/mol. The molecule has 0 fully saturated rings. The summed E-state index contributed by atoms with van der Waals surface area (Å²) >= 11 is 0. The van der Waals surface area contributed by atoms with Gasteiger partial charge in [0.1, 0.15) is 37.3 Å². The predicted octanol–water partition coefficient (Wildman–Crippen LogP) is 10.3. The topological polar surface area (TPSA) is 131 Å².